The van der Waals surface area contributed by atoms with E-state index in [1.54, 1.807) is 6.08 Å². The van der Waals surface area contributed by atoms with Crippen molar-refractivity contribution in [1.82, 2.24) is 5.32 Å². The van der Waals surface area contributed by atoms with E-state index >= 15 is 0 Å². The van der Waals surface area contributed by atoms with Gasteiger partial charge in [-0.15, -0.1) is 0 Å². The molecule has 1 heterocycles. The number of unbranched alkanes of at least 4 members (excludes halogenated alkanes) is 28. The summed E-state index contributed by atoms with van der Waals surface area (Å²) in [6.45, 7) is 3.65. The Morgan fingerprint density at radius 1 is 0.432 bits per heavy atom. The standard InChI is InChI=1S/C72H123NO8/c1-3-5-7-9-11-13-15-17-19-21-23-25-27-29-31-32-33-34-36-37-39-41-43-45-47-49-51-53-55-57-59-61-66(75)65(64-80-72-71(79)70(78)69(77)67(63-74)81-72)73-68(76)62-60-58-56-54-52-50-48-46-44-42-40-38-35-30-28-26-24-22-20-18-16-14-12-10-8-6-4-2/h6,8,12,14,18,20,24,26,30,35,40,42-43,45-46,48,51,53,59,61,65-67,69-72,74-75,77-79H,3-5,7,9-11,13,15-17,19,21-23,25,27-29,31-34,36-39,41,44,47,49-50,52,54-58,60,62-64H2,1-2H3,(H,73,76)/b8-6-,14-12-,20-18-,26-24-,35-30-,42-40-,45-43+,48-46-,53-51+,61-59+. The summed E-state index contributed by atoms with van der Waals surface area (Å²) in [5, 5.41) is 54.6. The van der Waals surface area contributed by atoms with E-state index < -0.39 is 49.5 Å². The van der Waals surface area contributed by atoms with Gasteiger partial charge in [-0.25, -0.2) is 0 Å². The molecule has 0 radical (unpaired) electrons. The highest BCUT2D eigenvalue weighted by atomic mass is 16.7. The number of aliphatic hydroxyl groups excluding tert-OH is 5. The molecule has 0 aromatic carbocycles. The van der Waals surface area contributed by atoms with Crippen molar-refractivity contribution in [2.75, 3.05) is 13.2 Å². The van der Waals surface area contributed by atoms with Gasteiger partial charge in [-0.1, -0.05) is 283 Å². The molecule has 0 spiro atoms. The minimum absolute atomic E-state index is 0.213. The van der Waals surface area contributed by atoms with Crippen LogP contribution in [0.15, 0.2) is 122 Å². The molecule has 1 rings (SSSR count). The van der Waals surface area contributed by atoms with Crippen LogP contribution in [0.2, 0.25) is 0 Å². The number of carbonyl (C=O) groups excluding carboxylic acids is 1. The molecular formula is C72H123NO8. The second-order valence-electron chi connectivity index (χ2n) is 22.5. The van der Waals surface area contributed by atoms with Crippen LogP contribution >= 0.6 is 0 Å². The summed E-state index contributed by atoms with van der Waals surface area (Å²) >= 11 is 0. The van der Waals surface area contributed by atoms with Crippen LogP contribution in [0.5, 0.6) is 0 Å². The van der Waals surface area contributed by atoms with Gasteiger partial charge in [-0.3, -0.25) is 4.79 Å². The molecule has 464 valence electrons. The molecule has 81 heavy (non-hydrogen) atoms. The zero-order chi connectivity index (χ0) is 58.6. The Labute approximate surface area is 497 Å². The summed E-state index contributed by atoms with van der Waals surface area (Å²) in [5.74, 6) is -0.213. The SMILES string of the molecule is CC/C=C\C/C=C\C/C=C\C/C=C\C/C=C\C/C=C\C/C=C\CCCCCCCC(=O)NC(COC1OC(CO)C(O)C(O)C1O)C(O)/C=C/CC/C=C/CC/C=C/CCCCCCCCCCCCCCCCCCCCCCC. The Morgan fingerprint density at radius 2 is 0.778 bits per heavy atom. The van der Waals surface area contributed by atoms with E-state index in [0.29, 0.717) is 6.42 Å². The number of amides is 1. The zero-order valence-electron chi connectivity index (χ0n) is 51.7. The van der Waals surface area contributed by atoms with E-state index in [1.807, 2.05) is 6.08 Å². The van der Waals surface area contributed by atoms with Gasteiger partial charge in [-0.2, -0.15) is 0 Å². The molecule has 1 amide bonds. The highest BCUT2D eigenvalue weighted by molar-refractivity contribution is 5.76. The van der Waals surface area contributed by atoms with Gasteiger partial charge in [-0.05, 0) is 103 Å². The lowest BCUT2D eigenvalue weighted by Crippen LogP contribution is -2.60. The monoisotopic (exact) mass is 1130 g/mol. The first kappa shape index (κ1) is 75.6. The van der Waals surface area contributed by atoms with Gasteiger partial charge in [0.25, 0.3) is 0 Å². The predicted molar refractivity (Wildman–Crippen MR) is 345 cm³/mol. The molecular weight excluding hydrogens is 1010 g/mol. The Hall–Kier alpha value is -3.41. The minimum Gasteiger partial charge on any atom is -0.394 e. The number of carbonyl (C=O) groups is 1. The number of allylic oxidation sites excluding steroid dienone is 19. The normalized spacial score (nSPS) is 19.2. The maximum atomic E-state index is 13.1. The van der Waals surface area contributed by atoms with Crippen LogP contribution in [-0.4, -0.2) is 87.5 Å². The quantitative estimate of drug-likeness (QED) is 0.0261. The van der Waals surface area contributed by atoms with Crippen molar-refractivity contribution in [2.45, 2.75) is 314 Å². The van der Waals surface area contributed by atoms with Gasteiger partial charge < -0.3 is 40.3 Å². The third-order valence-corrected chi connectivity index (χ3v) is 15.0. The Balaban J connectivity index is 2.24. The second kappa shape index (κ2) is 59.7. The Bertz CT molecular complexity index is 1690. The molecule has 1 aliphatic rings. The van der Waals surface area contributed by atoms with Crippen molar-refractivity contribution >= 4 is 5.91 Å². The van der Waals surface area contributed by atoms with Crippen LogP contribution in [-0.2, 0) is 14.3 Å². The molecule has 1 saturated heterocycles. The predicted octanol–water partition coefficient (Wildman–Crippen LogP) is 17.9. The van der Waals surface area contributed by atoms with Gasteiger partial charge in [0.05, 0.1) is 25.4 Å². The van der Waals surface area contributed by atoms with E-state index in [0.717, 1.165) is 116 Å². The highest BCUT2D eigenvalue weighted by Crippen LogP contribution is 2.23. The van der Waals surface area contributed by atoms with Crippen molar-refractivity contribution in [3.63, 3.8) is 0 Å². The van der Waals surface area contributed by atoms with Crippen LogP contribution < -0.4 is 5.32 Å². The maximum absolute atomic E-state index is 13.1. The van der Waals surface area contributed by atoms with Gasteiger partial charge >= 0.3 is 0 Å². The number of hydrogen-bond donors (Lipinski definition) is 6. The summed E-state index contributed by atoms with van der Waals surface area (Å²) in [7, 11) is 0. The van der Waals surface area contributed by atoms with E-state index in [2.05, 4.69) is 129 Å². The van der Waals surface area contributed by atoms with Crippen LogP contribution in [0.3, 0.4) is 0 Å². The Kier molecular flexibility index (Phi) is 55.8. The summed E-state index contributed by atoms with van der Waals surface area (Å²) in [6.07, 6.45) is 82.9. The molecule has 0 saturated carbocycles. The first-order valence-corrected chi connectivity index (χ1v) is 33.3. The highest BCUT2D eigenvalue weighted by Gasteiger charge is 2.44. The molecule has 9 nitrogen and oxygen atoms in total. The number of rotatable bonds is 56. The van der Waals surface area contributed by atoms with Crippen LogP contribution in [0.25, 0.3) is 0 Å². The lowest BCUT2D eigenvalue weighted by molar-refractivity contribution is -0.302. The van der Waals surface area contributed by atoms with E-state index in [9.17, 15) is 30.3 Å². The number of hydrogen-bond acceptors (Lipinski definition) is 8. The molecule has 1 fully saturated rings. The van der Waals surface area contributed by atoms with E-state index in [4.69, 9.17) is 9.47 Å². The molecule has 0 bridgehead atoms. The third kappa shape index (κ3) is 48.6. The fourth-order valence-electron chi connectivity index (χ4n) is 9.82. The average Bonchev–Trinajstić information content (AvgIpc) is 3.48. The van der Waals surface area contributed by atoms with E-state index in [1.165, 1.54) is 135 Å². The van der Waals surface area contributed by atoms with Crippen LogP contribution in [0.1, 0.15) is 271 Å². The van der Waals surface area contributed by atoms with Gasteiger partial charge in [0.15, 0.2) is 6.29 Å². The second-order valence-corrected chi connectivity index (χ2v) is 22.5. The van der Waals surface area contributed by atoms with Crippen molar-refractivity contribution < 1.29 is 39.8 Å². The molecule has 0 aromatic heterocycles. The molecule has 7 unspecified atom stereocenters. The topological polar surface area (TPSA) is 149 Å². The van der Waals surface area contributed by atoms with Gasteiger partial charge in [0.2, 0.25) is 5.91 Å². The third-order valence-electron chi connectivity index (χ3n) is 15.0. The lowest BCUT2D eigenvalue weighted by Gasteiger charge is -2.40. The first-order chi connectivity index (χ1) is 39.8. The molecule has 9 heteroatoms. The van der Waals surface area contributed by atoms with Crippen molar-refractivity contribution in [2.24, 2.45) is 0 Å². The number of aliphatic hydroxyl groups is 5. The molecule has 1 aliphatic heterocycles. The summed E-state index contributed by atoms with van der Waals surface area (Å²) in [5.41, 5.74) is 0. The first-order valence-electron chi connectivity index (χ1n) is 33.3. The minimum atomic E-state index is -1.59. The summed E-state index contributed by atoms with van der Waals surface area (Å²) < 4.78 is 11.3. The summed E-state index contributed by atoms with van der Waals surface area (Å²) in [4.78, 5) is 13.1. The largest absolute Gasteiger partial charge is 0.394 e. The molecule has 7 atom stereocenters. The zero-order valence-corrected chi connectivity index (χ0v) is 51.7. The van der Waals surface area contributed by atoms with Gasteiger partial charge in [0.1, 0.15) is 24.4 Å². The van der Waals surface area contributed by atoms with Gasteiger partial charge in [0, 0.05) is 6.42 Å². The van der Waals surface area contributed by atoms with Crippen LogP contribution in [0.4, 0.5) is 0 Å². The van der Waals surface area contributed by atoms with Crippen molar-refractivity contribution in [1.29, 1.82) is 0 Å². The van der Waals surface area contributed by atoms with Crippen LogP contribution in [0, 0.1) is 0 Å². The maximum Gasteiger partial charge on any atom is 0.220 e. The summed E-state index contributed by atoms with van der Waals surface area (Å²) in [6, 6.07) is -0.850. The molecule has 0 aliphatic carbocycles. The molecule has 0 aromatic rings. The fourth-order valence-corrected chi connectivity index (χ4v) is 9.82. The lowest BCUT2D eigenvalue weighted by atomic mass is 9.99. The average molecular weight is 1130 g/mol. The van der Waals surface area contributed by atoms with E-state index in [-0.39, 0.29) is 12.5 Å². The number of ether oxygens (including phenoxy) is 2. The molecule has 6 N–H and O–H groups in total. The fraction of sp³-hybridized carbons (Fsp3) is 0.708. The number of nitrogens with one attached hydrogen (secondary N) is 1. The van der Waals surface area contributed by atoms with Crippen molar-refractivity contribution in [3.05, 3.63) is 122 Å². The smallest absolute Gasteiger partial charge is 0.220 e. The Morgan fingerprint density at radius 3 is 1.19 bits per heavy atom. The van der Waals surface area contributed by atoms with Crippen molar-refractivity contribution in [3.8, 4) is 0 Å².